The Labute approximate surface area is 180 Å². The number of hydrogen-bond acceptors (Lipinski definition) is 3. The summed E-state index contributed by atoms with van der Waals surface area (Å²) in [4.78, 5) is 17.7. The van der Waals surface area contributed by atoms with Gasteiger partial charge in [-0.3, -0.25) is 14.6 Å². The molecule has 1 amide bonds. The lowest BCUT2D eigenvalue weighted by molar-refractivity contribution is -0.127. The fourth-order valence-corrected chi connectivity index (χ4v) is 4.60. The number of hydrogen-bond donors (Lipinski definition) is 1. The van der Waals surface area contributed by atoms with Crippen molar-refractivity contribution in [2.75, 3.05) is 32.7 Å². The zero-order valence-corrected chi connectivity index (χ0v) is 18.0. The van der Waals surface area contributed by atoms with Gasteiger partial charge in [0.05, 0.1) is 12.1 Å². The Morgan fingerprint density at radius 3 is 2.60 bits per heavy atom. The molecule has 1 aliphatic carbocycles. The first kappa shape index (κ1) is 20.8. The van der Waals surface area contributed by atoms with Crippen molar-refractivity contribution in [2.45, 2.75) is 38.3 Å². The van der Waals surface area contributed by atoms with Crippen LogP contribution in [0.25, 0.3) is 6.08 Å². The number of nitrogens with zero attached hydrogens (tertiary/aromatic N) is 2. The predicted molar refractivity (Wildman–Crippen MR) is 123 cm³/mol. The number of fused-ring (bicyclic) bond motifs is 1. The molecular formula is C26H33N3O. The van der Waals surface area contributed by atoms with E-state index in [-0.39, 0.29) is 18.0 Å². The maximum absolute atomic E-state index is 13.0. The normalized spacial score (nSPS) is 21.3. The number of carbonyl (C=O) groups excluding carboxylic acids is 1. The molecule has 4 rings (SSSR count). The van der Waals surface area contributed by atoms with Crippen LogP contribution < -0.4 is 5.32 Å². The van der Waals surface area contributed by atoms with E-state index in [0.29, 0.717) is 0 Å². The average molecular weight is 404 g/mol. The molecule has 158 valence electrons. The summed E-state index contributed by atoms with van der Waals surface area (Å²) < 4.78 is 0. The number of benzene rings is 2. The molecule has 1 saturated heterocycles. The molecule has 0 unspecified atom stereocenters. The topological polar surface area (TPSA) is 35.6 Å². The number of piperazine rings is 1. The third-order valence-electron chi connectivity index (χ3n) is 6.49. The van der Waals surface area contributed by atoms with E-state index in [4.69, 9.17) is 0 Å². The van der Waals surface area contributed by atoms with E-state index in [9.17, 15) is 4.79 Å². The van der Waals surface area contributed by atoms with Crippen molar-refractivity contribution in [3.05, 3.63) is 77.4 Å². The number of aryl methyl sites for hydroxylation is 1. The molecule has 30 heavy (non-hydrogen) atoms. The lowest BCUT2D eigenvalue weighted by Crippen LogP contribution is -2.54. The Hall–Kier alpha value is -2.43. The molecule has 1 aliphatic heterocycles. The van der Waals surface area contributed by atoms with Crippen molar-refractivity contribution in [1.82, 2.24) is 15.1 Å². The zero-order valence-electron chi connectivity index (χ0n) is 18.0. The Bertz CT molecular complexity index is 856. The van der Waals surface area contributed by atoms with Crippen LogP contribution in [0.15, 0.2) is 60.7 Å². The van der Waals surface area contributed by atoms with Gasteiger partial charge in [-0.25, -0.2) is 0 Å². The monoisotopic (exact) mass is 403 g/mol. The van der Waals surface area contributed by atoms with Crippen LogP contribution in [0.1, 0.15) is 42.5 Å². The molecule has 0 radical (unpaired) electrons. The molecule has 4 nitrogen and oxygen atoms in total. The van der Waals surface area contributed by atoms with Crippen LogP contribution in [0.3, 0.4) is 0 Å². The van der Waals surface area contributed by atoms with Crippen molar-refractivity contribution in [1.29, 1.82) is 0 Å². The molecule has 2 aliphatic rings. The van der Waals surface area contributed by atoms with Crippen LogP contribution in [0, 0.1) is 0 Å². The smallest absolute Gasteiger partial charge is 0.237 e. The van der Waals surface area contributed by atoms with Gasteiger partial charge in [0.15, 0.2) is 0 Å². The third-order valence-corrected chi connectivity index (χ3v) is 6.49. The molecule has 0 saturated carbocycles. The highest BCUT2D eigenvalue weighted by Crippen LogP contribution is 2.29. The van der Waals surface area contributed by atoms with E-state index < -0.39 is 0 Å². The Morgan fingerprint density at radius 2 is 1.80 bits per heavy atom. The van der Waals surface area contributed by atoms with Gasteiger partial charge in [-0.2, -0.15) is 0 Å². The summed E-state index contributed by atoms with van der Waals surface area (Å²) in [7, 11) is 0. The SMILES string of the molecule is C[C@H](C(=O)N[C@H]1CCCc2ccccc21)N1CCN(C/C=C/c2ccccc2)CC1. The summed E-state index contributed by atoms with van der Waals surface area (Å²) in [5.41, 5.74) is 3.93. The Morgan fingerprint density at radius 1 is 1.07 bits per heavy atom. The summed E-state index contributed by atoms with van der Waals surface area (Å²) in [5, 5.41) is 3.33. The highest BCUT2D eigenvalue weighted by Gasteiger charge is 2.28. The van der Waals surface area contributed by atoms with Gasteiger partial charge in [0.25, 0.3) is 0 Å². The molecule has 2 aromatic carbocycles. The molecule has 4 heteroatoms. The number of amides is 1. The molecule has 2 aromatic rings. The zero-order chi connectivity index (χ0) is 20.8. The highest BCUT2D eigenvalue weighted by molar-refractivity contribution is 5.81. The van der Waals surface area contributed by atoms with E-state index in [1.165, 1.54) is 16.7 Å². The summed E-state index contributed by atoms with van der Waals surface area (Å²) >= 11 is 0. The highest BCUT2D eigenvalue weighted by atomic mass is 16.2. The third kappa shape index (κ3) is 5.18. The molecule has 1 fully saturated rings. The summed E-state index contributed by atoms with van der Waals surface area (Å²) in [6.45, 7) is 6.90. The van der Waals surface area contributed by atoms with Crippen LogP contribution in [0.4, 0.5) is 0 Å². The van der Waals surface area contributed by atoms with E-state index in [0.717, 1.165) is 52.0 Å². The minimum atomic E-state index is -0.0823. The molecule has 0 spiro atoms. The fraction of sp³-hybridized carbons (Fsp3) is 0.423. The van der Waals surface area contributed by atoms with Crippen LogP contribution in [0.5, 0.6) is 0 Å². The number of nitrogens with one attached hydrogen (secondary N) is 1. The minimum Gasteiger partial charge on any atom is -0.348 e. The largest absolute Gasteiger partial charge is 0.348 e. The lowest BCUT2D eigenvalue weighted by Gasteiger charge is -2.37. The van der Waals surface area contributed by atoms with Gasteiger partial charge in [-0.15, -0.1) is 0 Å². The summed E-state index contributed by atoms with van der Waals surface area (Å²) in [6.07, 6.45) is 7.73. The second kappa shape index (κ2) is 10.1. The standard InChI is InChI=1S/C26H33N3O/c1-21(26(30)27-25-15-7-13-23-12-5-6-14-24(23)25)29-19-17-28(18-20-29)16-8-11-22-9-3-2-4-10-22/h2-6,8-12,14,21,25H,7,13,15-20H2,1H3,(H,27,30)/b11-8+/t21-,25+/m1/s1. The fourth-order valence-electron chi connectivity index (χ4n) is 4.60. The Kier molecular flexibility index (Phi) is 6.98. The van der Waals surface area contributed by atoms with Crippen molar-refractivity contribution in [3.63, 3.8) is 0 Å². The van der Waals surface area contributed by atoms with Gasteiger partial charge in [0.1, 0.15) is 0 Å². The van der Waals surface area contributed by atoms with Crippen LogP contribution >= 0.6 is 0 Å². The molecule has 2 atom stereocenters. The molecule has 0 bridgehead atoms. The van der Waals surface area contributed by atoms with Crippen molar-refractivity contribution in [2.24, 2.45) is 0 Å². The molecular weight excluding hydrogens is 370 g/mol. The predicted octanol–water partition coefficient (Wildman–Crippen LogP) is 3.90. The van der Waals surface area contributed by atoms with Crippen LogP contribution in [-0.4, -0.2) is 54.5 Å². The average Bonchev–Trinajstić information content (AvgIpc) is 2.80. The van der Waals surface area contributed by atoms with Crippen molar-refractivity contribution < 1.29 is 4.79 Å². The second-order valence-electron chi connectivity index (χ2n) is 8.48. The van der Waals surface area contributed by atoms with E-state index in [1.54, 1.807) is 0 Å². The van der Waals surface area contributed by atoms with Crippen molar-refractivity contribution >= 4 is 12.0 Å². The summed E-state index contributed by atoms with van der Waals surface area (Å²) in [6, 6.07) is 19.1. The minimum absolute atomic E-state index is 0.0823. The Balaban J connectivity index is 1.25. The first-order valence-electron chi connectivity index (χ1n) is 11.3. The maximum atomic E-state index is 13.0. The molecule has 1 N–H and O–H groups in total. The first-order valence-corrected chi connectivity index (χ1v) is 11.3. The van der Waals surface area contributed by atoms with Gasteiger partial charge in [0.2, 0.25) is 5.91 Å². The number of carbonyl (C=O) groups is 1. The lowest BCUT2D eigenvalue weighted by atomic mass is 9.87. The van der Waals surface area contributed by atoms with Crippen LogP contribution in [-0.2, 0) is 11.2 Å². The van der Waals surface area contributed by atoms with Gasteiger partial charge in [0, 0.05) is 32.7 Å². The number of rotatable bonds is 6. The maximum Gasteiger partial charge on any atom is 0.237 e. The van der Waals surface area contributed by atoms with E-state index >= 15 is 0 Å². The quantitative estimate of drug-likeness (QED) is 0.795. The van der Waals surface area contributed by atoms with Gasteiger partial charge >= 0.3 is 0 Å². The second-order valence-corrected chi connectivity index (χ2v) is 8.48. The molecule has 0 aromatic heterocycles. The molecule has 1 heterocycles. The van der Waals surface area contributed by atoms with Crippen LogP contribution in [0.2, 0.25) is 0 Å². The van der Waals surface area contributed by atoms with Gasteiger partial charge in [-0.05, 0) is 42.9 Å². The van der Waals surface area contributed by atoms with E-state index in [1.807, 2.05) is 6.07 Å². The van der Waals surface area contributed by atoms with Gasteiger partial charge in [-0.1, -0.05) is 66.7 Å². The van der Waals surface area contributed by atoms with Crippen molar-refractivity contribution in [3.8, 4) is 0 Å². The van der Waals surface area contributed by atoms with E-state index in [2.05, 4.69) is 82.7 Å². The van der Waals surface area contributed by atoms with Gasteiger partial charge < -0.3 is 5.32 Å². The summed E-state index contributed by atoms with van der Waals surface area (Å²) in [5.74, 6) is 0.161. The first-order chi connectivity index (χ1) is 14.7.